The highest BCUT2D eigenvalue weighted by molar-refractivity contribution is 5.85. The molecule has 0 saturated carbocycles. The van der Waals surface area contributed by atoms with Gasteiger partial charge in [-0.2, -0.15) is 0 Å². The number of fused-ring (bicyclic) bond motifs is 1. The SMILES string of the molecule is CC(C)[C@@H](C(N)=O)N(C(=O)OCc1nc2ccccc2[nH]1)[C@H](Cc1ccccc1)[C@@H](O)CNCC(O)[C@@H](Cc1ccccc1)NC(=O)OC(C)(C)C. The molecule has 0 radical (unpaired) electrons. The van der Waals surface area contributed by atoms with Crippen LogP contribution in [0.5, 0.6) is 0 Å². The van der Waals surface area contributed by atoms with Crippen molar-refractivity contribution >= 4 is 29.1 Å². The lowest BCUT2D eigenvalue weighted by atomic mass is 9.94. The van der Waals surface area contributed by atoms with Crippen molar-refractivity contribution in [3.63, 3.8) is 0 Å². The van der Waals surface area contributed by atoms with Crippen LogP contribution in [0.1, 0.15) is 51.6 Å². The van der Waals surface area contributed by atoms with Crippen molar-refractivity contribution in [2.45, 2.75) is 90.0 Å². The van der Waals surface area contributed by atoms with Gasteiger partial charge in [-0.25, -0.2) is 14.6 Å². The van der Waals surface area contributed by atoms with Gasteiger partial charge in [0.2, 0.25) is 5.91 Å². The fourth-order valence-electron chi connectivity index (χ4n) is 6.06. The molecule has 7 N–H and O–H groups in total. The summed E-state index contributed by atoms with van der Waals surface area (Å²) in [6, 6.07) is 23.3. The van der Waals surface area contributed by atoms with Crippen molar-refractivity contribution in [2.75, 3.05) is 13.1 Å². The van der Waals surface area contributed by atoms with Crippen molar-refractivity contribution in [3.8, 4) is 0 Å². The molecule has 5 atom stereocenters. The zero-order valence-electron chi connectivity index (χ0n) is 30.5. The third kappa shape index (κ3) is 11.8. The molecule has 1 unspecified atom stereocenters. The highest BCUT2D eigenvalue weighted by Crippen LogP contribution is 2.23. The third-order valence-corrected chi connectivity index (χ3v) is 8.47. The molecular formula is C39H52N6O7. The van der Waals surface area contributed by atoms with Crippen LogP contribution in [-0.4, -0.2) is 92.2 Å². The summed E-state index contributed by atoms with van der Waals surface area (Å²) in [6.07, 6.45) is -3.37. The highest BCUT2D eigenvalue weighted by atomic mass is 16.6. The number of nitrogens with two attached hydrogens (primary N) is 1. The van der Waals surface area contributed by atoms with Crippen LogP contribution in [0, 0.1) is 5.92 Å². The number of primary amides is 1. The molecule has 0 aliphatic rings. The predicted octanol–water partition coefficient (Wildman–Crippen LogP) is 4.07. The molecule has 280 valence electrons. The second-order valence-corrected chi connectivity index (χ2v) is 14.2. The van der Waals surface area contributed by atoms with Gasteiger partial charge < -0.3 is 41.0 Å². The van der Waals surface area contributed by atoms with Gasteiger partial charge in [-0.05, 0) is 62.8 Å². The Kier molecular flexibility index (Phi) is 14.2. The topological polar surface area (TPSA) is 192 Å². The molecule has 13 heteroatoms. The number of alkyl carbamates (subject to hydrolysis) is 1. The number of nitrogens with one attached hydrogen (secondary N) is 3. The first-order valence-corrected chi connectivity index (χ1v) is 17.5. The van der Waals surface area contributed by atoms with Gasteiger partial charge in [0.15, 0.2) is 6.61 Å². The number of para-hydroxylation sites is 2. The van der Waals surface area contributed by atoms with E-state index >= 15 is 0 Å². The predicted molar refractivity (Wildman–Crippen MR) is 198 cm³/mol. The first kappa shape index (κ1) is 39.8. The average molecular weight is 717 g/mol. The Balaban J connectivity index is 1.54. The molecule has 3 amide bonds. The molecular weight excluding hydrogens is 664 g/mol. The number of carbonyl (C=O) groups excluding carboxylic acids is 3. The summed E-state index contributed by atoms with van der Waals surface area (Å²) in [4.78, 5) is 48.5. The molecule has 13 nitrogen and oxygen atoms in total. The van der Waals surface area contributed by atoms with Gasteiger partial charge in [-0.15, -0.1) is 0 Å². The smallest absolute Gasteiger partial charge is 0.411 e. The zero-order chi connectivity index (χ0) is 37.8. The van der Waals surface area contributed by atoms with Crippen molar-refractivity contribution in [3.05, 3.63) is 102 Å². The molecule has 0 spiro atoms. The lowest BCUT2D eigenvalue weighted by Crippen LogP contribution is -2.60. The monoisotopic (exact) mass is 716 g/mol. The van der Waals surface area contributed by atoms with Gasteiger partial charge in [-0.1, -0.05) is 86.6 Å². The van der Waals surface area contributed by atoms with E-state index in [0.717, 1.165) is 16.6 Å². The number of aromatic amines is 1. The minimum atomic E-state index is -1.25. The fraction of sp³-hybridized carbons (Fsp3) is 0.436. The van der Waals surface area contributed by atoms with E-state index in [1.165, 1.54) is 4.90 Å². The summed E-state index contributed by atoms with van der Waals surface area (Å²) >= 11 is 0. The molecule has 4 aromatic rings. The van der Waals surface area contributed by atoms with E-state index < -0.39 is 59.9 Å². The first-order valence-electron chi connectivity index (χ1n) is 17.5. The zero-order valence-corrected chi connectivity index (χ0v) is 30.5. The second kappa shape index (κ2) is 18.5. The Bertz CT molecular complexity index is 1690. The van der Waals surface area contributed by atoms with E-state index in [0.29, 0.717) is 17.8 Å². The van der Waals surface area contributed by atoms with E-state index in [1.807, 2.05) is 84.9 Å². The quantitative estimate of drug-likeness (QED) is 0.0935. The van der Waals surface area contributed by atoms with Crippen LogP contribution < -0.4 is 16.4 Å². The van der Waals surface area contributed by atoms with Crippen LogP contribution in [0.25, 0.3) is 11.0 Å². The standard InChI is InChI=1S/C39H52N6O7/c1-25(2)35(36(40)48)45(38(50)51-24-34-42-28-18-12-13-19-29(28)43-34)31(21-27-16-10-7-11-17-27)33(47)23-41-22-32(46)30(20-26-14-8-6-9-15-26)44-37(49)52-39(3,4)5/h6-19,25,30-33,35,41,46-47H,20-24H2,1-5H3,(H2,40,48)(H,42,43)(H,44,49)/t30-,31-,32?,33+,35+/m1/s1. The summed E-state index contributed by atoms with van der Waals surface area (Å²) in [5.41, 5.74) is 8.35. The molecule has 3 aromatic carbocycles. The Morgan fingerprint density at radius 3 is 2.02 bits per heavy atom. The number of imidazole rings is 1. The first-order chi connectivity index (χ1) is 24.7. The fourth-order valence-corrected chi connectivity index (χ4v) is 6.06. The Hall–Kier alpha value is -4.98. The number of aliphatic hydroxyl groups excluding tert-OH is 2. The number of benzene rings is 3. The lowest BCUT2D eigenvalue weighted by Gasteiger charge is -2.40. The van der Waals surface area contributed by atoms with Gasteiger partial charge in [0.25, 0.3) is 0 Å². The van der Waals surface area contributed by atoms with Crippen molar-refractivity contribution in [2.24, 2.45) is 11.7 Å². The van der Waals surface area contributed by atoms with Crippen LogP contribution in [0.4, 0.5) is 9.59 Å². The number of hydrogen-bond acceptors (Lipinski definition) is 9. The van der Waals surface area contributed by atoms with Gasteiger partial charge in [0, 0.05) is 13.1 Å². The van der Waals surface area contributed by atoms with Crippen LogP contribution >= 0.6 is 0 Å². The number of amides is 3. The van der Waals surface area contributed by atoms with E-state index in [4.69, 9.17) is 15.2 Å². The van der Waals surface area contributed by atoms with Crippen LogP contribution in [0.15, 0.2) is 84.9 Å². The van der Waals surface area contributed by atoms with Gasteiger partial charge in [-0.3, -0.25) is 9.69 Å². The van der Waals surface area contributed by atoms with Crippen LogP contribution in [-0.2, 0) is 33.7 Å². The highest BCUT2D eigenvalue weighted by Gasteiger charge is 2.40. The van der Waals surface area contributed by atoms with Crippen LogP contribution in [0.3, 0.4) is 0 Å². The van der Waals surface area contributed by atoms with E-state index in [-0.39, 0.29) is 26.1 Å². The Morgan fingerprint density at radius 2 is 1.44 bits per heavy atom. The average Bonchev–Trinajstić information content (AvgIpc) is 3.51. The number of rotatable bonds is 17. The van der Waals surface area contributed by atoms with Gasteiger partial charge in [0.1, 0.15) is 17.5 Å². The normalized spacial score (nSPS) is 14.6. The third-order valence-electron chi connectivity index (χ3n) is 8.47. The van der Waals surface area contributed by atoms with Crippen molar-refractivity contribution in [1.29, 1.82) is 0 Å². The lowest BCUT2D eigenvalue weighted by molar-refractivity contribution is -0.126. The molecule has 0 aliphatic heterocycles. The number of ether oxygens (including phenoxy) is 2. The molecule has 1 heterocycles. The maximum atomic E-state index is 14.0. The number of hydrogen-bond donors (Lipinski definition) is 6. The van der Waals surface area contributed by atoms with Crippen molar-refractivity contribution in [1.82, 2.24) is 25.5 Å². The largest absolute Gasteiger partial charge is 0.444 e. The Labute approximate surface area is 304 Å². The summed E-state index contributed by atoms with van der Waals surface area (Å²) in [6.45, 7) is 8.47. The molecule has 4 rings (SSSR count). The summed E-state index contributed by atoms with van der Waals surface area (Å²) in [5, 5.41) is 29.0. The molecule has 0 bridgehead atoms. The number of H-pyrrole nitrogens is 1. The van der Waals surface area contributed by atoms with Gasteiger partial charge in [0.05, 0.1) is 35.3 Å². The maximum absolute atomic E-state index is 14.0. The molecule has 0 fully saturated rings. The summed E-state index contributed by atoms with van der Waals surface area (Å²) < 4.78 is 11.2. The molecule has 0 aliphatic carbocycles. The van der Waals surface area contributed by atoms with E-state index in [9.17, 15) is 24.6 Å². The van der Waals surface area contributed by atoms with E-state index in [1.54, 1.807) is 34.6 Å². The molecule has 1 aromatic heterocycles. The van der Waals surface area contributed by atoms with Crippen LogP contribution in [0.2, 0.25) is 0 Å². The minimum absolute atomic E-state index is 0.0255. The minimum Gasteiger partial charge on any atom is -0.444 e. The number of carbonyl (C=O) groups is 3. The van der Waals surface area contributed by atoms with Crippen molar-refractivity contribution < 1.29 is 34.1 Å². The van der Waals surface area contributed by atoms with Gasteiger partial charge >= 0.3 is 12.2 Å². The summed E-state index contributed by atoms with van der Waals surface area (Å²) in [5.74, 6) is -0.758. The molecule has 52 heavy (non-hydrogen) atoms. The number of aliphatic hydroxyl groups is 2. The summed E-state index contributed by atoms with van der Waals surface area (Å²) in [7, 11) is 0. The Morgan fingerprint density at radius 1 is 0.865 bits per heavy atom. The maximum Gasteiger partial charge on any atom is 0.411 e. The second-order valence-electron chi connectivity index (χ2n) is 14.2. The number of aromatic nitrogens is 2. The van der Waals surface area contributed by atoms with E-state index in [2.05, 4.69) is 20.6 Å². The number of nitrogens with zero attached hydrogens (tertiary/aromatic N) is 2. The molecule has 0 saturated heterocycles.